The van der Waals surface area contributed by atoms with Crippen LogP contribution < -0.4 is 15.5 Å². The Labute approximate surface area is 158 Å². The van der Waals surface area contributed by atoms with Crippen LogP contribution in [-0.4, -0.2) is 38.1 Å². The first kappa shape index (κ1) is 20.6. The molecule has 1 aromatic carbocycles. The van der Waals surface area contributed by atoms with Gasteiger partial charge in [-0.25, -0.2) is 0 Å². The maximum absolute atomic E-state index is 11.9. The molecule has 2 N–H and O–H groups in total. The van der Waals surface area contributed by atoms with E-state index < -0.39 is 0 Å². The Balaban J connectivity index is 0.00000132. The molecular formula is C16H24BrCl2N3O. The third-order valence-corrected chi connectivity index (χ3v) is 4.83. The molecule has 1 unspecified atom stereocenters. The van der Waals surface area contributed by atoms with Crippen LogP contribution in [0.2, 0.25) is 0 Å². The third-order valence-electron chi connectivity index (χ3n) is 4.16. The lowest BCUT2D eigenvalue weighted by Gasteiger charge is -2.20. The average Bonchev–Trinajstić information content (AvgIpc) is 3.18. The first-order valence-corrected chi connectivity index (χ1v) is 8.51. The van der Waals surface area contributed by atoms with Crippen molar-refractivity contribution in [2.24, 2.45) is 5.92 Å². The van der Waals surface area contributed by atoms with Crippen molar-refractivity contribution in [1.29, 1.82) is 0 Å². The third kappa shape index (κ3) is 6.14. The Morgan fingerprint density at radius 1 is 1.22 bits per heavy atom. The van der Waals surface area contributed by atoms with Crippen LogP contribution in [-0.2, 0) is 4.79 Å². The van der Waals surface area contributed by atoms with Crippen LogP contribution >= 0.6 is 40.7 Å². The van der Waals surface area contributed by atoms with Crippen LogP contribution in [0.1, 0.15) is 19.3 Å². The Bertz CT molecular complexity index is 514. The number of para-hydroxylation sites is 1. The van der Waals surface area contributed by atoms with Gasteiger partial charge in [-0.2, -0.15) is 0 Å². The summed E-state index contributed by atoms with van der Waals surface area (Å²) in [6, 6.07) is 8.50. The standard InChI is InChI=1S/C16H22BrN3O.2ClH/c17-14-3-1-2-4-15(14)20-8-7-13(11-20)19-16(21)10-18-9-12-5-6-12;;/h1-4,12-13,18H,5-11H2,(H,19,21);2*1H. The van der Waals surface area contributed by atoms with Gasteiger partial charge in [-0.15, -0.1) is 24.8 Å². The summed E-state index contributed by atoms with van der Waals surface area (Å²) in [5.41, 5.74) is 1.21. The van der Waals surface area contributed by atoms with Gasteiger partial charge in [0.25, 0.3) is 0 Å². The molecule has 1 amide bonds. The Kier molecular flexibility index (Phi) is 8.69. The molecule has 2 fully saturated rings. The van der Waals surface area contributed by atoms with Gasteiger partial charge in [-0.3, -0.25) is 4.79 Å². The van der Waals surface area contributed by atoms with Gasteiger partial charge < -0.3 is 15.5 Å². The maximum atomic E-state index is 11.9. The zero-order valence-corrected chi connectivity index (χ0v) is 16.2. The number of rotatable bonds is 6. The number of hydrogen-bond donors (Lipinski definition) is 2. The van der Waals surface area contributed by atoms with Gasteiger partial charge in [-0.05, 0) is 59.8 Å². The van der Waals surface area contributed by atoms with Gasteiger partial charge in [0.15, 0.2) is 0 Å². The molecule has 23 heavy (non-hydrogen) atoms. The molecule has 1 aliphatic heterocycles. The average molecular weight is 425 g/mol. The van der Waals surface area contributed by atoms with E-state index in [4.69, 9.17) is 0 Å². The number of anilines is 1. The van der Waals surface area contributed by atoms with E-state index in [9.17, 15) is 4.79 Å². The Morgan fingerprint density at radius 3 is 2.65 bits per heavy atom. The molecule has 1 aliphatic carbocycles. The molecule has 0 aromatic heterocycles. The number of amides is 1. The number of hydrogen-bond acceptors (Lipinski definition) is 3. The number of halogens is 3. The van der Waals surface area contributed by atoms with E-state index >= 15 is 0 Å². The predicted molar refractivity (Wildman–Crippen MR) is 103 cm³/mol. The zero-order chi connectivity index (χ0) is 14.7. The van der Waals surface area contributed by atoms with Crippen LogP contribution in [0.25, 0.3) is 0 Å². The molecule has 7 heteroatoms. The molecule has 1 saturated heterocycles. The van der Waals surface area contributed by atoms with Crippen LogP contribution in [0, 0.1) is 5.92 Å². The van der Waals surface area contributed by atoms with Crippen LogP contribution in [0.4, 0.5) is 5.69 Å². The highest BCUT2D eigenvalue weighted by atomic mass is 79.9. The van der Waals surface area contributed by atoms with E-state index in [1.807, 2.05) is 12.1 Å². The molecule has 3 rings (SSSR count). The SMILES string of the molecule is Cl.Cl.O=C(CNCC1CC1)NC1CCN(c2ccccc2Br)C1. The highest BCUT2D eigenvalue weighted by molar-refractivity contribution is 9.10. The molecule has 4 nitrogen and oxygen atoms in total. The van der Waals surface area contributed by atoms with E-state index in [-0.39, 0.29) is 36.8 Å². The van der Waals surface area contributed by atoms with Crippen molar-refractivity contribution >= 4 is 52.3 Å². The molecule has 0 radical (unpaired) electrons. The first-order valence-electron chi connectivity index (χ1n) is 7.72. The summed E-state index contributed by atoms with van der Waals surface area (Å²) < 4.78 is 1.11. The monoisotopic (exact) mass is 423 g/mol. The van der Waals surface area contributed by atoms with Crippen LogP contribution in [0.3, 0.4) is 0 Å². The summed E-state index contributed by atoms with van der Waals surface area (Å²) in [5, 5.41) is 6.37. The summed E-state index contributed by atoms with van der Waals surface area (Å²) in [7, 11) is 0. The van der Waals surface area contributed by atoms with Gasteiger partial charge in [0.2, 0.25) is 5.91 Å². The minimum atomic E-state index is 0. The van der Waals surface area contributed by atoms with Gasteiger partial charge in [0, 0.05) is 23.6 Å². The van der Waals surface area contributed by atoms with Crippen molar-refractivity contribution in [2.45, 2.75) is 25.3 Å². The van der Waals surface area contributed by atoms with Crippen molar-refractivity contribution in [2.75, 3.05) is 31.1 Å². The molecule has 1 saturated carbocycles. The molecule has 1 heterocycles. The summed E-state index contributed by atoms with van der Waals surface area (Å²) in [6.07, 6.45) is 3.64. The molecule has 1 atom stereocenters. The summed E-state index contributed by atoms with van der Waals surface area (Å²) in [4.78, 5) is 14.2. The number of benzene rings is 1. The highest BCUT2D eigenvalue weighted by Gasteiger charge is 2.25. The summed E-state index contributed by atoms with van der Waals surface area (Å²) in [5.74, 6) is 0.935. The second-order valence-corrected chi connectivity index (χ2v) is 6.88. The van der Waals surface area contributed by atoms with E-state index in [0.29, 0.717) is 6.54 Å². The van der Waals surface area contributed by atoms with Gasteiger partial charge in [0.1, 0.15) is 0 Å². The number of carbonyl (C=O) groups excluding carboxylic acids is 1. The second kappa shape index (κ2) is 9.72. The van der Waals surface area contributed by atoms with Crippen LogP contribution in [0.15, 0.2) is 28.7 Å². The number of nitrogens with zero attached hydrogens (tertiary/aromatic N) is 1. The topological polar surface area (TPSA) is 44.4 Å². The number of carbonyl (C=O) groups is 1. The minimum absolute atomic E-state index is 0. The molecule has 0 spiro atoms. The molecular weight excluding hydrogens is 401 g/mol. The molecule has 1 aromatic rings. The minimum Gasteiger partial charge on any atom is -0.368 e. The lowest BCUT2D eigenvalue weighted by Crippen LogP contribution is -2.42. The van der Waals surface area contributed by atoms with E-state index in [1.165, 1.54) is 18.5 Å². The van der Waals surface area contributed by atoms with Crippen molar-refractivity contribution in [3.63, 3.8) is 0 Å². The Morgan fingerprint density at radius 2 is 1.96 bits per heavy atom. The first-order chi connectivity index (χ1) is 10.2. The van der Waals surface area contributed by atoms with E-state index in [2.05, 4.69) is 43.6 Å². The van der Waals surface area contributed by atoms with Gasteiger partial charge in [-0.1, -0.05) is 12.1 Å². The quantitative estimate of drug-likeness (QED) is 0.737. The van der Waals surface area contributed by atoms with Crippen molar-refractivity contribution < 1.29 is 4.79 Å². The fourth-order valence-corrected chi connectivity index (χ4v) is 3.33. The Hall–Kier alpha value is -0.490. The lowest BCUT2D eigenvalue weighted by atomic mass is 10.2. The molecule has 130 valence electrons. The zero-order valence-electron chi connectivity index (χ0n) is 13.0. The van der Waals surface area contributed by atoms with Gasteiger partial charge in [0.05, 0.1) is 12.2 Å². The summed E-state index contributed by atoms with van der Waals surface area (Å²) >= 11 is 3.59. The van der Waals surface area contributed by atoms with Crippen molar-refractivity contribution in [3.05, 3.63) is 28.7 Å². The maximum Gasteiger partial charge on any atom is 0.234 e. The van der Waals surface area contributed by atoms with E-state index in [1.54, 1.807) is 0 Å². The predicted octanol–water partition coefficient (Wildman–Crippen LogP) is 2.99. The number of nitrogens with one attached hydrogen (secondary N) is 2. The molecule has 2 aliphatic rings. The van der Waals surface area contributed by atoms with E-state index in [0.717, 1.165) is 36.4 Å². The smallest absolute Gasteiger partial charge is 0.234 e. The van der Waals surface area contributed by atoms with Crippen molar-refractivity contribution in [3.8, 4) is 0 Å². The normalized spacial score (nSPS) is 19.7. The summed E-state index contributed by atoms with van der Waals surface area (Å²) in [6.45, 7) is 3.31. The van der Waals surface area contributed by atoms with Crippen molar-refractivity contribution in [1.82, 2.24) is 10.6 Å². The molecule has 0 bridgehead atoms. The lowest BCUT2D eigenvalue weighted by molar-refractivity contribution is -0.120. The highest BCUT2D eigenvalue weighted by Crippen LogP contribution is 2.28. The van der Waals surface area contributed by atoms with Crippen LogP contribution in [0.5, 0.6) is 0 Å². The largest absolute Gasteiger partial charge is 0.368 e. The fraction of sp³-hybridized carbons (Fsp3) is 0.562. The second-order valence-electron chi connectivity index (χ2n) is 6.02. The fourth-order valence-electron chi connectivity index (χ4n) is 2.80. The van der Waals surface area contributed by atoms with Gasteiger partial charge >= 0.3 is 0 Å².